The number of hydrogen-bond donors (Lipinski definition) is 3. The number of anilines is 1. The zero-order valence-corrected chi connectivity index (χ0v) is 18.9. The third kappa shape index (κ3) is 5.33. The Bertz CT molecular complexity index is 1170. The van der Waals surface area contributed by atoms with Crippen LogP contribution in [-0.4, -0.2) is 45.4 Å². The van der Waals surface area contributed by atoms with E-state index in [1.54, 1.807) is 11.6 Å². The lowest BCUT2D eigenvalue weighted by atomic mass is 10.2. The molecule has 0 unspecified atom stereocenters. The van der Waals surface area contributed by atoms with Crippen LogP contribution in [0.2, 0.25) is 0 Å². The first kappa shape index (κ1) is 24.2. The molecule has 31 heavy (non-hydrogen) atoms. The van der Waals surface area contributed by atoms with E-state index in [-0.39, 0.29) is 24.0 Å². The van der Waals surface area contributed by atoms with Crippen LogP contribution < -0.4 is 39.2 Å². The molecule has 0 radical (unpaired) electrons. The molecule has 0 spiro atoms. The van der Waals surface area contributed by atoms with Gasteiger partial charge in [-0.25, -0.2) is 9.59 Å². The molecule has 0 bridgehead atoms. The summed E-state index contributed by atoms with van der Waals surface area (Å²) in [4.78, 5) is 43.2. The minimum absolute atomic E-state index is 0. The number of rotatable bonds is 7. The quantitative estimate of drug-likeness (QED) is 0.345. The van der Waals surface area contributed by atoms with Crippen molar-refractivity contribution in [3.8, 4) is 0 Å². The number of nitrogens with zero attached hydrogens (tertiary/aromatic N) is 4. The molecular weight excluding hydrogens is 422 g/mol. The molecule has 2 aromatic heterocycles. The summed E-state index contributed by atoms with van der Waals surface area (Å²) in [6, 6.07) is 9.11. The second-order valence-electron chi connectivity index (χ2n) is 7.57. The smallest absolute Gasteiger partial charge is 0.332 e. The van der Waals surface area contributed by atoms with E-state index in [0.29, 0.717) is 18.6 Å². The molecule has 0 fully saturated rings. The molecule has 0 aliphatic carbocycles. The van der Waals surface area contributed by atoms with Gasteiger partial charge in [-0.2, -0.15) is 4.98 Å². The predicted octanol–water partition coefficient (Wildman–Crippen LogP) is -3.71. The Morgan fingerprint density at radius 2 is 1.77 bits per heavy atom. The summed E-state index contributed by atoms with van der Waals surface area (Å²) in [6.07, 6.45) is 0.778. The Labute approximate surface area is 185 Å². The summed E-state index contributed by atoms with van der Waals surface area (Å²) < 4.78 is 4.05. The number of hydrogen-bond acceptors (Lipinski definition) is 4. The number of aryl methyl sites for hydroxylation is 2. The van der Waals surface area contributed by atoms with Gasteiger partial charge < -0.3 is 27.2 Å². The van der Waals surface area contributed by atoms with Crippen molar-refractivity contribution >= 4 is 23.1 Å². The molecule has 0 aliphatic rings. The molecule has 168 valence electrons. The van der Waals surface area contributed by atoms with E-state index in [0.717, 1.165) is 23.1 Å². The number of urea groups is 1. The first-order valence-electron chi connectivity index (χ1n) is 9.83. The molecule has 2 amide bonds. The number of benzene rings is 1. The Kier molecular flexibility index (Phi) is 8.01. The van der Waals surface area contributed by atoms with E-state index in [1.165, 1.54) is 16.5 Å². The van der Waals surface area contributed by atoms with Crippen LogP contribution in [0.4, 0.5) is 10.7 Å². The summed E-state index contributed by atoms with van der Waals surface area (Å²) in [6.45, 7) is 1.73. The number of aromatic nitrogens is 4. The number of fused-ring (bicyclic) bond motifs is 1. The zero-order chi connectivity index (χ0) is 21.8. The topological polar surface area (TPSA) is 107 Å². The monoisotopic (exact) mass is 449 g/mol. The number of imidazole rings is 1. The average molecular weight is 450 g/mol. The van der Waals surface area contributed by atoms with Gasteiger partial charge in [-0.3, -0.25) is 19.2 Å². The number of amides is 2. The summed E-state index contributed by atoms with van der Waals surface area (Å²) in [5.41, 5.74) is 0.613. The largest absolute Gasteiger partial charge is 1.00 e. The maximum absolute atomic E-state index is 12.8. The SMILES string of the molecule is Cn1c(=O)c2c(nc(NC(=O)NCc3ccccc3)n2CCC[NH+](C)C)n(C)c1=O.[Cl-]. The van der Waals surface area contributed by atoms with Gasteiger partial charge in [0.2, 0.25) is 5.95 Å². The summed E-state index contributed by atoms with van der Waals surface area (Å²) >= 11 is 0. The minimum Gasteiger partial charge on any atom is -1.00 e. The zero-order valence-electron chi connectivity index (χ0n) is 18.1. The van der Waals surface area contributed by atoms with Gasteiger partial charge in [0.05, 0.1) is 20.6 Å². The van der Waals surface area contributed by atoms with Crippen molar-refractivity contribution in [2.75, 3.05) is 26.0 Å². The number of quaternary nitrogens is 1. The van der Waals surface area contributed by atoms with Crippen LogP contribution in [0.1, 0.15) is 12.0 Å². The normalized spacial score (nSPS) is 10.9. The lowest BCUT2D eigenvalue weighted by Crippen LogP contribution is -3.05. The molecule has 11 heteroatoms. The van der Waals surface area contributed by atoms with Crippen molar-refractivity contribution in [1.82, 2.24) is 24.0 Å². The molecular formula is C20H28ClN7O3. The van der Waals surface area contributed by atoms with Crippen LogP contribution in [0, 0.1) is 0 Å². The summed E-state index contributed by atoms with van der Waals surface area (Å²) in [7, 11) is 7.09. The van der Waals surface area contributed by atoms with Crippen LogP contribution in [0.5, 0.6) is 0 Å². The number of halogens is 1. The Hall–Kier alpha value is -3.11. The molecule has 0 saturated heterocycles. The van der Waals surface area contributed by atoms with Crippen molar-refractivity contribution in [1.29, 1.82) is 0 Å². The maximum atomic E-state index is 12.8. The van der Waals surface area contributed by atoms with Crippen molar-refractivity contribution in [2.45, 2.75) is 19.5 Å². The van der Waals surface area contributed by atoms with E-state index >= 15 is 0 Å². The van der Waals surface area contributed by atoms with Crippen molar-refractivity contribution in [3.05, 3.63) is 56.7 Å². The minimum atomic E-state index is -0.463. The molecule has 3 aromatic rings. The van der Waals surface area contributed by atoms with E-state index in [1.807, 2.05) is 44.4 Å². The van der Waals surface area contributed by atoms with Gasteiger partial charge in [0.15, 0.2) is 11.2 Å². The van der Waals surface area contributed by atoms with Crippen LogP contribution in [-0.2, 0) is 27.2 Å². The fourth-order valence-electron chi connectivity index (χ4n) is 3.27. The Balaban J connectivity index is 0.00000341. The van der Waals surface area contributed by atoms with Crippen molar-refractivity contribution < 1.29 is 22.1 Å². The van der Waals surface area contributed by atoms with Gasteiger partial charge in [-0.05, 0) is 5.56 Å². The van der Waals surface area contributed by atoms with E-state index < -0.39 is 17.3 Å². The third-order valence-corrected chi connectivity index (χ3v) is 4.93. The van der Waals surface area contributed by atoms with Gasteiger partial charge in [0.25, 0.3) is 5.56 Å². The van der Waals surface area contributed by atoms with Crippen LogP contribution >= 0.6 is 0 Å². The lowest BCUT2D eigenvalue weighted by molar-refractivity contribution is -0.858. The highest BCUT2D eigenvalue weighted by Crippen LogP contribution is 2.16. The molecule has 3 N–H and O–H groups in total. The first-order valence-corrected chi connectivity index (χ1v) is 9.83. The van der Waals surface area contributed by atoms with Crippen LogP contribution in [0.3, 0.4) is 0 Å². The average Bonchev–Trinajstić information content (AvgIpc) is 3.08. The van der Waals surface area contributed by atoms with E-state index in [4.69, 9.17) is 0 Å². The molecule has 10 nitrogen and oxygen atoms in total. The van der Waals surface area contributed by atoms with Crippen molar-refractivity contribution in [3.63, 3.8) is 0 Å². The molecule has 2 heterocycles. The summed E-state index contributed by atoms with van der Waals surface area (Å²) in [5, 5.41) is 5.52. The summed E-state index contributed by atoms with van der Waals surface area (Å²) in [5.74, 6) is 0.239. The van der Waals surface area contributed by atoms with Gasteiger partial charge in [-0.15, -0.1) is 0 Å². The lowest BCUT2D eigenvalue weighted by Gasteiger charge is -2.12. The second kappa shape index (κ2) is 10.3. The molecule has 3 rings (SSSR count). The van der Waals surface area contributed by atoms with E-state index in [9.17, 15) is 14.4 Å². The van der Waals surface area contributed by atoms with Gasteiger partial charge in [0.1, 0.15) is 0 Å². The highest BCUT2D eigenvalue weighted by molar-refractivity contribution is 5.89. The van der Waals surface area contributed by atoms with Gasteiger partial charge in [0, 0.05) is 33.6 Å². The molecule has 0 aliphatic heterocycles. The van der Waals surface area contributed by atoms with Gasteiger partial charge >= 0.3 is 11.7 Å². The van der Waals surface area contributed by atoms with Crippen LogP contribution in [0.25, 0.3) is 11.2 Å². The Morgan fingerprint density at radius 1 is 1.10 bits per heavy atom. The van der Waals surface area contributed by atoms with Crippen LogP contribution in [0.15, 0.2) is 39.9 Å². The first-order chi connectivity index (χ1) is 14.3. The highest BCUT2D eigenvalue weighted by Gasteiger charge is 2.20. The van der Waals surface area contributed by atoms with E-state index in [2.05, 4.69) is 15.6 Å². The molecule has 1 aromatic carbocycles. The number of carbonyl (C=O) groups excluding carboxylic acids is 1. The number of carbonyl (C=O) groups is 1. The molecule has 0 saturated carbocycles. The molecule has 0 atom stereocenters. The standard InChI is InChI=1S/C20H27N7O3.ClH/c1-24(2)11-8-12-27-15-16(25(3)20(30)26(4)17(15)28)22-18(27)23-19(29)21-13-14-9-6-5-7-10-14;/h5-7,9-10H,8,11-13H2,1-4H3,(H2,21,22,23,29);1H. The maximum Gasteiger partial charge on any atom is 0.332 e. The fourth-order valence-corrected chi connectivity index (χ4v) is 3.27. The highest BCUT2D eigenvalue weighted by atomic mass is 35.5. The third-order valence-electron chi connectivity index (χ3n) is 4.93. The number of nitrogens with one attached hydrogen (secondary N) is 3. The predicted molar refractivity (Wildman–Crippen MR) is 115 cm³/mol. The fraction of sp³-hybridized carbons (Fsp3) is 0.400. The van der Waals surface area contributed by atoms with Gasteiger partial charge in [-0.1, -0.05) is 30.3 Å². The van der Waals surface area contributed by atoms with Crippen molar-refractivity contribution in [2.24, 2.45) is 14.1 Å². The second-order valence-corrected chi connectivity index (χ2v) is 7.57. The Morgan fingerprint density at radius 3 is 2.42 bits per heavy atom.